The second kappa shape index (κ2) is 6.55. The van der Waals surface area contributed by atoms with Crippen molar-refractivity contribution in [3.05, 3.63) is 56.0 Å². The molecule has 0 aliphatic carbocycles. The van der Waals surface area contributed by atoms with Gasteiger partial charge in [0.2, 0.25) is 0 Å². The number of carbonyl (C=O) groups is 1. The maximum Gasteiger partial charge on any atom is 0.323 e. The average Bonchev–Trinajstić information content (AvgIpc) is 3.22. The van der Waals surface area contributed by atoms with E-state index in [-0.39, 0.29) is 11.6 Å². The molecule has 1 amide bonds. The predicted octanol–water partition coefficient (Wildman–Crippen LogP) is 3.31. The molecule has 0 bridgehead atoms. The molecular formula is C18H17IN4O2. The van der Waals surface area contributed by atoms with Crippen molar-refractivity contribution in [2.24, 2.45) is 0 Å². The number of amides is 1. The highest BCUT2D eigenvalue weighted by Gasteiger charge is 2.19. The highest BCUT2D eigenvalue weighted by atomic mass is 127. The van der Waals surface area contributed by atoms with E-state index in [4.69, 9.17) is 0 Å². The molecule has 0 spiro atoms. The molecule has 1 saturated heterocycles. The number of hydrogen-bond acceptors (Lipinski definition) is 3. The number of H-pyrrole nitrogens is 2. The van der Waals surface area contributed by atoms with Crippen LogP contribution in [0.1, 0.15) is 23.2 Å². The van der Waals surface area contributed by atoms with Crippen LogP contribution in [0.4, 0.5) is 11.4 Å². The summed E-state index contributed by atoms with van der Waals surface area (Å²) in [5, 5.41) is 3.02. The van der Waals surface area contributed by atoms with E-state index in [0.717, 1.165) is 40.7 Å². The number of nitrogens with zero attached hydrogens (tertiary/aromatic N) is 1. The topological polar surface area (TPSA) is 81.0 Å². The second-order valence-corrected chi connectivity index (χ2v) is 7.28. The maximum atomic E-state index is 12.7. The molecule has 25 heavy (non-hydrogen) atoms. The van der Waals surface area contributed by atoms with E-state index in [1.54, 1.807) is 0 Å². The quantitative estimate of drug-likeness (QED) is 0.538. The Morgan fingerprint density at radius 1 is 1.08 bits per heavy atom. The molecule has 7 heteroatoms. The van der Waals surface area contributed by atoms with E-state index in [1.807, 2.05) is 36.4 Å². The van der Waals surface area contributed by atoms with Crippen LogP contribution in [0.15, 0.2) is 41.2 Å². The number of aromatic amines is 2. The maximum absolute atomic E-state index is 12.7. The van der Waals surface area contributed by atoms with E-state index in [2.05, 4.69) is 42.8 Å². The minimum atomic E-state index is -0.247. The van der Waals surface area contributed by atoms with E-state index < -0.39 is 0 Å². The van der Waals surface area contributed by atoms with Crippen molar-refractivity contribution in [3.8, 4) is 0 Å². The van der Waals surface area contributed by atoms with E-state index in [1.165, 1.54) is 0 Å². The number of fused-ring (bicyclic) bond motifs is 1. The summed E-state index contributed by atoms with van der Waals surface area (Å²) in [5.41, 5.74) is 3.49. The van der Waals surface area contributed by atoms with Gasteiger partial charge in [0.25, 0.3) is 5.91 Å². The Bertz CT molecular complexity index is 1000. The van der Waals surface area contributed by atoms with Crippen LogP contribution in [-0.2, 0) is 0 Å². The van der Waals surface area contributed by atoms with E-state index >= 15 is 0 Å². The normalized spacial score (nSPS) is 14.2. The van der Waals surface area contributed by atoms with Gasteiger partial charge in [0.05, 0.1) is 28.0 Å². The minimum absolute atomic E-state index is 0.150. The fourth-order valence-electron chi connectivity index (χ4n) is 3.23. The van der Waals surface area contributed by atoms with Gasteiger partial charge < -0.3 is 20.2 Å². The summed E-state index contributed by atoms with van der Waals surface area (Å²) >= 11 is 2.16. The molecule has 1 fully saturated rings. The van der Waals surface area contributed by atoms with Gasteiger partial charge in [-0.3, -0.25) is 4.79 Å². The Morgan fingerprint density at radius 3 is 2.48 bits per heavy atom. The molecule has 4 rings (SSSR count). The summed E-state index contributed by atoms with van der Waals surface area (Å²) in [7, 11) is 0. The van der Waals surface area contributed by atoms with Crippen molar-refractivity contribution in [2.75, 3.05) is 23.3 Å². The summed E-state index contributed by atoms with van der Waals surface area (Å²) in [5.74, 6) is -0.150. The lowest BCUT2D eigenvalue weighted by atomic mass is 10.1. The highest BCUT2D eigenvalue weighted by molar-refractivity contribution is 14.1. The first kappa shape index (κ1) is 16.2. The molecule has 128 valence electrons. The first-order valence-electron chi connectivity index (χ1n) is 8.19. The van der Waals surface area contributed by atoms with Crippen LogP contribution in [-0.4, -0.2) is 29.0 Å². The number of halogens is 1. The highest BCUT2D eigenvalue weighted by Crippen LogP contribution is 2.32. The number of nitrogens with one attached hydrogen (secondary N) is 3. The zero-order chi connectivity index (χ0) is 17.4. The van der Waals surface area contributed by atoms with Crippen molar-refractivity contribution in [1.82, 2.24) is 9.97 Å². The van der Waals surface area contributed by atoms with Gasteiger partial charge in [0, 0.05) is 16.7 Å². The number of hydrogen-bond donors (Lipinski definition) is 3. The van der Waals surface area contributed by atoms with Crippen molar-refractivity contribution < 1.29 is 4.79 Å². The largest absolute Gasteiger partial charge is 0.370 e. The first-order chi connectivity index (χ1) is 12.1. The van der Waals surface area contributed by atoms with Crippen LogP contribution >= 0.6 is 22.6 Å². The van der Waals surface area contributed by atoms with Crippen molar-refractivity contribution in [2.45, 2.75) is 12.8 Å². The fraction of sp³-hybridized carbons (Fsp3) is 0.222. The molecule has 6 nitrogen and oxygen atoms in total. The fourth-order valence-corrected chi connectivity index (χ4v) is 3.86. The Kier molecular flexibility index (Phi) is 4.24. The third kappa shape index (κ3) is 3.15. The van der Waals surface area contributed by atoms with Gasteiger partial charge in [-0.25, -0.2) is 4.79 Å². The second-order valence-electron chi connectivity index (χ2n) is 6.12. The first-order valence-corrected chi connectivity index (χ1v) is 9.26. The molecule has 3 aromatic rings. The van der Waals surface area contributed by atoms with Crippen LogP contribution in [0.3, 0.4) is 0 Å². The van der Waals surface area contributed by atoms with Crippen LogP contribution in [0, 0.1) is 3.57 Å². The van der Waals surface area contributed by atoms with Crippen LogP contribution in [0.2, 0.25) is 0 Å². The predicted molar refractivity (Wildman–Crippen MR) is 107 cm³/mol. The number of benzene rings is 2. The zero-order valence-corrected chi connectivity index (χ0v) is 15.6. The lowest BCUT2D eigenvalue weighted by Gasteiger charge is -2.22. The standard InChI is InChI=1S/C18H17IN4O2/c19-12-6-2-1-5-11(12)17(24)20-15-9-13-14(22-18(25)21-13)10-16(15)23-7-3-4-8-23/h1-2,5-6,9-10H,3-4,7-8H2,(H,20,24)(H2,21,22,25). The summed E-state index contributed by atoms with van der Waals surface area (Å²) in [6.07, 6.45) is 2.26. The summed E-state index contributed by atoms with van der Waals surface area (Å²) in [4.78, 5) is 32.1. The monoisotopic (exact) mass is 448 g/mol. The van der Waals surface area contributed by atoms with Gasteiger partial charge in [-0.15, -0.1) is 0 Å². The lowest BCUT2D eigenvalue weighted by Crippen LogP contribution is -2.21. The van der Waals surface area contributed by atoms with Gasteiger partial charge in [-0.1, -0.05) is 12.1 Å². The number of anilines is 2. The van der Waals surface area contributed by atoms with E-state index in [0.29, 0.717) is 16.8 Å². The smallest absolute Gasteiger partial charge is 0.323 e. The molecule has 3 N–H and O–H groups in total. The number of aromatic nitrogens is 2. The Labute approximate surface area is 157 Å². The molecule has 1 aliphatic rings. The van der Waals surface area contributed by atoms with Gasteiger partial charge in [0.1, 0.15) is 0 Å². The van der Waals surface area contributed by atoms with Crippen LogP contribution < -0.4 is 15.9 Å². The van der Waals surface area contributed by atoms with Crippen molar-refractivity contribution in [1.29, 1.82) is 0 Å². The molecule has 0 unspecified atom stereocenters. The van der Waals surface area contributed by atoms with Gasteiger partial charge in [0.15, 0.2) is 0 Å². The van der Waals surface area contributed by atoms with Gasteiger partial charge in [-0.05, 0) is 59.7 Å². The summed E-state index contributed by atoms with van der Waals surface area (Å²) < 4.78 is 0.899. The molecule has 0 atom stereocenters. The Morgan fingerprint density at radius 2 is 1.76 bits per heavy atom. The van der Waals surface area contributed by atoms with Crippen LogP contribution in [0.5, 0.6) is 0 Å². The lowest BCUT2D eigenvalue weighted by molar-refractivity contribution is 0.102. The molecule has 0 saturated carbocycles. The molecular weight excluding hydrogens is 431 g/mol. The van der Waals surface area contributed by atoms with Gasteiger partial charge in [-0.2, -0.15) is 0 Å². The van der Waals surface area contributed by atoms with Crippen molar-refractivity contribution >= 4 is 50.9 Å². The average molecular weight is 448 g/mol. The third-order valence-corrected chi connectivity index (χ3v) is 5.39. The number of rotatable bonds is 3. The SMILES string of the molecule is O=C(Nc1cc2[nH]c(=O)[nH]c2cc1N1CCCC1)c1ccccc1I. The van der Waals surface area contributed by atoms with E-state index in [9.17, 15) is 9.59 Å². The van der Waals surface area contributed by atoms with Gasteiger partial charge >= 0.3 is 5.69 Å². The molecule has 1 aliphatic heterocycles. The molecule has 2 aromatic carbocycles. The third-order valence-electron chi connectivity index (χ3n) is 4.45. The molecule has 0 radical (unpaired) electrons. The molecule has 2 heterocycles. The number of carbonyl (C=O) groups excluding carboxylic acids is 1. The zero-order valence-electron chi connectivity index (χ0n) is 13.4. The summed E-state index contributed by atoms with van der Waals surface area (Å²) in [6.45, 7) is 1.90. The Hall–Kier alpha value is -2.29. The summed E-state index contributed by atoms with van der Waals surface area (Å²) in [6, 6.07) is 11.2. The van der Waals surface area contributed by atoms with Crippen molar-refractivity contribution in [3.63, 3.8) is 0 Å². The number of imidazole rings is 1. The van der Waals surface area contributed by atoms with Crippen LogP contribution in [0.25, 0.3) is 11.0 Å². The minimum Gasteiger partial charge on any atom is -0.370 e. The molecule has 1 aromatic heterocycles. The Balaban J connectivity index is 1.76.